The van der Waals surface area contributed by atoms with E-state index in [0.29, 0.717) is 12.5 Å². The maximum atomic E-state index is 12.7. The van der Waals surface area contributed by atoms with Crippen molar-refractivity contribution in [1.29, 1.82) is 0 Å². The summed E-state index contributed by atoms with van der Waals surface area (Å²) in [5.74, 6) is 1.37. The van der Waals surface area contributed by atoms with Crippen LogP contribution >= 0.6 is 24.0 Å². The van der Waals surface area contributed by atoms with E-state index in [4.69, 9.17) is 0 Å². The highest BCUT2D eigenvalue weighted by molar-refractivity contribution is 14.0. The van der Waals surface area contributed by atoms with E-state index in [-0.39, 0.29) is 35.9 Å². The van der Waals surface area contributed by atoms with Crippen molar-refractivity contribution in [2.24, 2.45) is 10.9 Å². The van der Waals surface area contributed by atoms with Crippen LogP contribution in [-0.4, -0.2) is 59.7 Å². The minimum absolute atomic E-state index is 0. The predicted octanol–water partition coefficient (Wildman–Crippen LogP) is 2.26. The van der Waals surface area contributed by atoms with Gasteiger partial charge < -0.3 is 20.6 Å². The monoisotopic (exact) mass is 478 g/mol. The summed E-state index contributed by atoms with van der Waals surface area (Å²) in [6.45, 7) is 4.91. The Morgan fingerprint density at radius 1 is 1.19 bits per heavy atom. The summed E-state index contributed by atoms with van der Waals surface area (Å²) in [4.78, 5) is 19.3. The normalized spacial score (nSPS) is 26.0. The number of halogens is 1. The largest absolute Gasteiger partial charge is 0.388 e. The number of guanidine groups is 1. The zero-order valence-corrected chi connectivity index (χ0v) is 18.3. The molecule has 1 atom stereocenters. The molecule has 2 aliphatic carbocycles. The summed E-state index contributed by atoms with van der Waals surface area (Å²) in [6, 6.07) is 0.251. The fraction of sp³-hybridized carbons (Fsp3) is 0.895. The molecule has 0 radical (unpaired) electrons. The summed E-state index contributed by atoms with van der Waals surface area (Å²) >= 11 is 0. The van der Waals surface area contributed by atoms with E-state index in [2.05, 4.69) is 15.6 Å². The van der Waals surface area contributed by atoms with Crippen molar-refractivity contribution in [2.75, 3.05) is 26.2 Å². The zero-order chi connectivity index (χ0) is 17.7. The van der Waals surface area contributed by atoms with Gasteiger partial charge in [0.2, 0.25) is 5.91 Å². The molecule has 1 saturated heterocycles. The summed E-state index contributed by atoms with van der Waals surface area (Å²) in [5.41, 5.74) is -0.596. The molecule has 0 bridgehead atoms. The van der Waals surface area contributed by atoms with Crippen LogP contribution in [0.15, 0.2) is 4.99 Å². The van der Waals surface area contributed by atoms with Crippen molar-refractivity contribution < 1.29 is 9.90 Å². The van der Waals surface area contributed by atoms with Gasteiger partial charge in [0.25, 0.3) is 0 Å². The van der Waals surface area contributed by atoms with Gasteiger partial charge >= 0.3 is 0 Å². The summed E-state index contributed by atoms with van der Waals surface area (Å²) in [6.07, 6.45) is 9.57. The molecule has 1 amide bonds. The molecule has 3 rings (SSSR count). The molecule has 3 fully saturated rings. The Kier molecular flexibility index (Phi) is 8.44. The van der Waals surface area contributed by atoms with Gasteiger partial charge in [0.1, 0.15) is 0 Å². The Bertz CT molecular complexity index is 490. The molecule has 7 heteroatoms. The first-order valence-corrected chi connectivity index (χ1v) is 10.2. The minimum atomic E-state index is -0.596. The Balaban J connectivity index is 0.00000243. The lowest BCUT2D eigenvalue weighted by Crippen LogP contribution is -2.47. The number of nitrogens with zero attached hydrogens (tertiary/aromatic N) is 2. The topological polar surface area (TPSA) is 77.0 Å². The summed E-state index contributed by atoms with van der Waals surface area (Å²) in [7, 11) is 0. The maximum absolute atomic E-state index is 12.7. The first-order chi connectivity index (χ1) is 12.1. The third-order valence-corrected chi connectivity index (χ3v) is 5.96. The minimum Gasteiger partial charge on any atom is -0.388 e. The molecule has 3 N–H and O–H groups in total. The highest BCUT2D eigenvalue weighted by Crippen LogP contribution is 2.31. The number of carbonyl (C=O) groups excluding carboxylic acids is 1. The van der Waals surface area contributed by atoms with Crippen LogP contribution in [0.4, 0.5) is 0 Å². The number of hydrogen-bond acceptors (Lipinski definition) is 3. The van der Waals surface area contributed by atoms with E-state index in [0.717, 1.165) is 64.1 Å². The van der Waals surface area contributed by atoms with Gasteiger partial charge in [-0.05, 0) is 45.4 Å². The Hall–Kier alpha value is -0.570. The standard InChI is InChI=1S/C19H34N4O2.HI/c1-2-20-18(21-14-19(25)10-6-11-19)22-16-9-12-23(13-16)17(24)15-7-4-3-5-8-15;/h15-16,25H,2-14H2,1H3,(H2,20,21,22);1H. The van der Waals surface area contributed by atoms with Crippen LogP contribution in [0.25, 0.3) is 0 Å². The van der Waals surface area contributed by atoms with Gasteiger partial charge in [-0.3, -0.25) is 9.79 Å². The Morgan fingerprint density at radius 3 is 2.54 bits per heavy atom. The van der Waals surface area contributed by atoms with Crippen LogP contribution in [0.5, 0.6) is 0 Å². The molecule has 0 aromatic carbocycles. The quantitative estimate of drug-likeness (QED) is 0.322. The molecule has 3 aliphatic rings. The smallest absolute Gasteiger partial charge is 0.225 e. The highest BCUT2D eigenvalue weighted by Gasteiger charge is 2.35. The average Bonchev–Trinajstić information content (AvgIpc) is 3.07. The van der Waals surface area contributed by atoms with E-state index in [9.17, 15) is 9.90 Å². The lowest BCUT2D eigenvalue weighted by Gasteiger charge is -2.35. The van der Waals surface area contributed by atoms with Crippen LogP contribution in [-0.2, 0) is 4.79 Å². The van der Waals surface area contributed by atoms with Crippen molar-refractivity contribution in [3.05, 3.63) is 0 Å². The van der Waals surface area contributed by atoms with Crippen LogP contribution < -0.4 is 10.6 Å². The number of likely N-dealkylation sites (tertiary alicyclic amines) is 1. The lowest BCUT2D eigenvalue weighted by atomic mass is 9.80. The molecule has 1 unspecified atom stereocenters. The van der Waals surface area contributed by atoms with Crippen molar-refractivity contribution in [3.8, 4) is 0 Å². The number of carbonyl (C=O) groups is 1. The maximum Gasteiger partial charge on any atom is 0.225 e. The molecular formula is C19H35IN4O2. The molecule has 1 aliphatic heterocycles. The van der Waals surface area contributed by atoms with Crippen LogP contribution in [0.1, 0.15) is 64.7 Å². The Morgan fingerprint density at radius 2 is 1.92 bits per heavy atom. The van der Waals surface area contributed by atoms with Crippen molar-refractivity contribution in [1.82, 2.24) is 15.5 Å². The average molecular weight is 478 g/mol. The van der Waals surface area contributed by atoms with Gasteiger partial charge in [0, 0.05) is 31.6 Å². The van der Waals surface area contributed by atoms with Gasteiger partial charge in [0.15, 0.2) is 5.96 Å². The van der Waals surface area contributed by atoms with E-state index < -0.39 is 5.60 Å². The van der Waals surface area contributed by atoms with E-state index in [1.165, 1.54) is 19.3 Å². The second-order valence-corrected chi connectivity index (χ2v) is 8.02. The molecule has 0 aromatic heterocycles. The third kappa shape index (κ3) is 5.71. The first kappa shape index (κ1) is 21.7. The summed E-state index contributed by atoms with van der Waals surface area (Å²) in [5, 5.41) is 17.0. The fourth-order valence-electron chi connectivity index (χ4n) is 4.17. The van der Waals surface area contributed by atoms with Crippen molar-refractivity contribution >= 4 is 35.8 Å². The number of amides is 1. The Labute approximate surface area is 174 Å². The molecule has 0 aromatic rings. The molecule has 26 heavy (non-hydrogen) atoms. The van der Waals surface area contributed by atoms with Crippen LogP contribution in [0.2, 0.25) is 0 Å². The van der Waals surface area contributed by atoms with Gasteiger partial charge in [-0.1, -0.05) is 19.3 Å². The number of nitrogens with one attached hydrogen (secondary N) is 2. The van der Waals surface area contributed by atoms with Gasteiger partial charge in [0.05, 0.1) is 12.1 Å². The number of aliphatic imine (C=N–C) groups is 1. The molecule has 6 nitrogen and oxygen atoms in total. The molecule has 1 heterocycles. The van der Waals surface area contributed by atoms with Crippen molar-refractivity contribution in [2.45, 2.75) is 76.4 Å². The first-order valence-electron chi connectivity index (χ1n) is 10.2. The second-order valence-electron chi connectivity index (χ2n) is 8.02. The van der Waals surface area contributed by atoms with Gasteiger partial charge in [-0.25, -0.2) is 0 Å². The SMILES string of the molecule is CCNC(=NCC1(O)CCC1)NC1CCN(C(=O)C2CCCCC2)C1.I. The highest BCUT2D eigenvalue weighted by atomic mass is 127. The number of hydrogen-bond donors (Lipinski definition) is 3. The second kappa shape index (κ2) is 10.1. The van der Waals surface area contributed by atoms with Gasteiger partial charge in [-0.2, -0.15) is 0 Å². The molecule has 150 valence electrons. The van der Waals surface area contributed by atoms with Crippen molar-refractivity contribution in [3.63, 3.8) is 0 Å². The van der Waals surface area contributed by atoms with Crippen LogP contribution in [0, 0.1) is 5.92 Å². The number of rotatable bonds is 5. The fourth-order valence-corrected chi connectivity index (χ4v) is 4.17. The lowest BCUT2D eigenvalue weighted by molar-refractivity contribution is -0.135. The van der Waals surface area contributed by atoms with E-state index in [1.54, 1.807) is 0 Å². The molecule has 2 saturated carbocycles. The summed E-state index contributed by atoms with van der Waals surface area (Å²) < 4.78 is 0. The van der Waals surface area contributed by atoms with E-state index in [1.807, 2.05) is 11.8 Å². The van der Waals surface area contributed by atoms with Crippen LogP contribution in [0.3, 0.4) is 0 Å². The van der Waals surface area contributed by atoms with Gasteiger partial charge in [-0.15, -0.1) is 24.0 Å². The molecule has 0 spiro atoms. The van der Waals surface area contributed by atoms with E-state index >= 15 is 0 Å². The third-order valence-electron chi connectivity index (χ3n) is 5.96. The predicted molar refractivity (Wildman–Crippen MR) is 115 cm³/mol. The zero-order valence-electron chi connectivity index (χ0n) is 16.0. The number of aliphatic hydroxyl groups is 1. The molecular weight excluding hydrogens is 443 g/mol.